The summed E-state index contributed by atoms with van der Waals surface area (Å²) in [4.78, 5) is 24.0. The molecule has 2 rings (SSSR count). The van der Waals surface area contributed by atoms with Gasteiger partial charge in [0.05, 0.1) is 0 Å². The standard InChI is InChI=1S/C19H21Cl2N3O2/c1-12(2)23-19(26)24-16-5-3-4-14(10-16)18(25)22-9-8-13-6-7-15(20)11-17(13)21/h3-7,10-12H,8-9H2,1-2H3,(H,22,25)(H2,23,24,26). The van der Waals surface area contributed by atoms with Gasteiger partial charge in [-0.25, -0.2) is 4.79 Å². The lowest BCUT2D eigenvalue weighted by Crippen LogP contribution is -2.34. The average Bonchev–Trinajstić information content (AvgIpc) is 2.56. The van der Waals surface area contributed by atoms with E-state index in [2.05, 4.69) is 16.0 Å². The summed E-state index contributed by atoms with van der Waals surface area (Å²) in [6.07, 6.45) is 0.594. The summed E-state index contributed by atoms with van der Waals surface area (Å²) in [5, 5.41) is 9.43. The summed E-state index contributed by atoms with van der Waals surface area (Å²) in [6, 6.07) is 11.8. The second-order valence-corrected chi connectivity index (χ2v) is 6.92. The van der Waals surface area contributed by atoms with Gasteiger partial charge in [0, 0.05) is 33.9 Å². The number of urea groups is 1. The Labute approximate surface area is 163 Å². The monoisotopic (exact) mass is 393 g/mol. The van der Waals surface area contributed by atoms with E-state index < -0.39 is 0 Å². The van der Waals surface area contributed by atoms with Crippen LogP contribution in [0.1, 0.15) is 29.8 Å². The minimum absolute atomic E-state index is 0.0289. The first-order valence-electron chi connectivity index (χ1n) is 8.25. The maximum atomic E-state index is 12.3. The van der Waals surface area contributed by atoms with Crippen molar-refractivity contribution in [2.45, 2.75) is 26.3 Å². The fourth-order valence-corrected chi connectivity index (χ4v) is 2.81. The van der Waals surface area contributed by atoms with Gasteiger partial charge in [-0.05, 0) is 56.2 Å². The summed E-state index contributed by atoms with van der Waals surface area (Å²) < 4.78 is 0. The number of rotatable bonds is 6. The Morgan fingerprint density at radius 2 is 1.85 bits per heavy atom. The van der Waals surface area contributed by atoms with Gasteiger partial charge < -0.3 is 16.0 Å². The van der Waals surface area contributed by atoms with E-state index in [1.165, 1.54) is 0 Å². The fourth-order valence-electron chi connectivity index (χ4n) is 2.30. The van der Waals surface area contributed by atoms with Crippen molar-refractivity contribution < 1.29 is 9.59 Å². The van der Waals surface area contributed by atoms with Crippen LogP contribution >= 0.6 is 23.2 Å². The molecule has 0 radical (unpaired) electrons. The Bertz CT molecular complexity index is 794. The van der Waals surface area contributed by atoms with Crippen LogP contribution in [0.2, 0.25) is 10.0 Å². The lowest BCUT2D eigenvalue weighted by atomic mass is 10.1. The van der Waals surface area contributed by atoms with Crippen molar-refractivity contribution in [1.29, 1.82) is 0 Å². The SMILES string of the molecule is CC(C)NC(=O)Nc1cccc(C(=O)NCCc2ccc(Cl)cc2Cl)c1. The highest BCUT2D eigenvalue weighted by molar-refractivity contribution is 6.35. The van der Waals surface area contributed by atoms with E-state index >= 15 is 0 Å². The molecule has 0 aromatic heterocycles. The predicted octanol–water partition coefficient (Wildman–Crippen LogP) is 4.50. The number of halogens is 2. The third kappa shape index (κ3) is 6.24. The number of carbonyl (C=O) groups is 2. The van der Waals surface area contributed by atoms with Gasteiger partial charge in [0.25, 0.3) is 5.91 Å². The first-order valence-corrected chi connectivity index (χ1v) is 9.00. The van der Waals surface area contributed by atoms with E-state index in [-0.39, 0.29) is 18.0 Å². The Kier molecular flexibility index (Phi) is 7.30. The van der Waals surface area contributed by atoms with Crippen LogP contribution in [-0.4, -0.2) is 24.5 Å². The zero-order valence-corrected chi connectivity index (χ0v) is 16.1. The van der Waals surface area contributed by atoms with Crippen molar-refractivity contribution in [3.05, 3.63) is 63.6 Å². The third-order valence-electron chi connectivity index (χ3n) is 3.50. The normalized spacial score (nSPS) is 10.5. The molecular formula is C19H21Cl2N3O2. The summed E-state index contributed by atoms with van der Waals surface area (Å²) in [7, 11) is 0. The van der Waals surface area contributed by atoms with E-state index in [0.29, 0.717) is 34.3 Å². The minimum atomic E-state index is -0.310. The van der Waals surface area contributed by atoms with Crippen molar-refractivity contribution in [3.63, 3.8) is 0 Å². The number of amides is 3. The molecule has 7 heteroatoms. The highest BCUT2D eigenvalue weighted by atomic mass is 35.5. The first kappa shape index (κ1) is 20.1. The molecule has 0 aliphatic rings. The number of hydrogen-bond donors (Lipinski definition) is 3. The lowest BCUT2D eigenvalue weighted by Gasteiger charge is -2.11. The molecule has 138 valence electrons. The van der Waals surface area contributed by atoms with E-state index in [1.54, 1.807) is 36.4 Å². The first-order chi connectivity index (χ1) is 12.3. The summed E-state index contributed by atoms with van der Waals surface area (Å²) in [5.74, 6) is -0.219. The van der Waals surface area contributed by atoms with Crippen LogP contribution in [0.5, 0.6) is 0 Å². The topological polar surface area (TPSA) is 70.2 Å². The third-order valence-corrected chi connectivity index (χ3v) is 4.08. The molecule has 0 unspecified atom stereocenters. The second kappa shape index (κ2) is 9.46. The van der Waals surface area contributed by atoms with Crippen molar-refractivity contribution in [2.24, 2.45) is 0 Å². The fraction of sp³-hybridized carbons (Fsp3) is 0.263. The molecule has 0 bridgehead atoms. The van der Waals surface area contributed by atoms with Crippen LogP contribution < -0.4 is 16.0 Å². The predicted molar refractivity (Wildman–Crippen MR) is 106 cm³/mol. The van der Waals surface area contributed by atoms with Crippen LogP contribution in [0, 0.1) is 0 Å². The molecule has 0 saturated heterocycles. The largest absolute Gasteiger partial charge is 0.352 e. The number of anilines is 1. The van der Waals surface area contributed by atoms with Gasteiger partial charge in [-0.15, -0.1) is 0 Å². The van der Waals surface area contributed by atoms with Crippen molar-refractivity contribution >= 4 is 40.8 Å². The van der Waals surface area contributed by atoms with Gasteiger partial charge in [-0.1, -0.05) is 35.3 Å². The number of hydrogen-bond acceptors (Lipinski definition) is 2. The number of carbonyl (C=O) groups excluding carboxylic acids is 2. The van der Waals surface area contributed by atoms with Gasteiger partial charge in [0.2, 0.25) is 0 Å². The van der Waals surface area contributed by atoms with Gasteiger partial charge >= 0.3 is 6.03 Å². The molecule has 0 aliphatic carbocycles. The van der Waals surface area contributed by atoms with Crippen LogP contribution in [0.4, 0.5) is 10.5 Å². The van der Waals surface area contributed by atoms with Crippen molar-refractivity contribution in [3.8, 4) is 0 Å². The molecule has 0 atom stereocenters. The quantitative estimate of drug-likeness (QED) is 0.676. The molecule has 0 heterocycles. The maximum Gasteiger partial charge on any atom is 0.319 e. The molecule has 0 spiro atoms. The Balaban J connectivity index is 1.91. The van der Waals surface area contributed by atoms with Crippen molar-refractivity contribution in [1.82, 2.24) is 10.6 Å². The molecule has 0 saturated carbocycles. The molecule has 2 aromatic rings. The molecule has 0 fully saturated rings. The van der Waals surface area contributed by atoms with Crippen LogP contribution in [0.25, 0.3) is 0 Å². The second-order valence-electron chi connectivity index (χ2n) is 6.08. The number of nitrogens with one attached hydrogen (secondary N) is 3. The molecular weight excluding hydrogens is 373 g/mol. The molecule has 3 amide bonds. The molecule has 3 N–H and O–H groups in total. The van der Waals surface area contributed by atoms with E-state index in [0.717, 1.165) is 5.56 Å². The van der Waals surface area contributed by atoms with Gasteiger partial charge in [-0.3, -0.25) is 4.79 Å². The molecule has 0 aliphatic heterocycles. The zero-order valence-electron chi connectivity index (χ0n) is 14.6. The number of benzene rings is 2. The zero-order chi connectivity index (χ0) is 19.1. The van der Waals surface area contributed by atoms with Gasteiger partial charge in [-0.2, -0.15) is 0 Å². The van der Waals surface area contributed by atoms with Gasteiger partial charge in [0.1, 0.15) is 0 Å². The maximum absolute atomic E-state index is 12.3. The van der Waals surface area contributed by atoms with Crippen LogP contribution in [0.3, 0.4) is 0 Å². The smallest absolute Gasteiger partial charge is 0.319 e. The Morgan fingerprint density at radius 3 is 2.54 bits per heavy atom. The van der Waals surface area contributed by atoms with Crippen molar-refractivity contribution in [2.75, 3.05) is 11.9 Å². The molecule has 5 nitrogen and oxygen atoms in total. The molecule has 26 heavy (non-hydrogen) atoms. The summed E-state index contributed by atoms with van der Waals surface area (Å²) in [6.45, 7) is 4.18. The van der Waals surface area contributed by atoms with Gasteiger partial charge in [0.15, 0.2) is 0 Å². The van der Waals surface area contributed by atoms with Crippen LogP contribution in [0.15, 0.2) is 42.5 Å². The summed E-state index contributed by atoms with van der Waals surface area (Å²) in [5.41, 5.74) is 1.93. The highest BCUT2D eigenvalue weighted by Crippen LogP contribution is 2.21. The Morgan fingerprint density at radius 1 is 1.08 bits per heavy atom. The van der Waals surface area contributed by atoms with E-state index in [4.69, 9.17) is 23.2 Å². The summed E-state index contributed by atoms with van der Waals surface area (Å²) >= 11 is 12.0. The highest BCUT2D eigenvalue weighted by Gasteiger charge is 2.09. The minimum Gasteiger partial charge on any atom is -0.352 e. The Hall–Kier alpha value is -2.24. The lowest BCUT2D eigenvalue weighted by molar-refractivity contribution is 0.0954. The molecule has 2 aromatic carbocycles. The average molecular weight is 394 g/mol. The van der Waals surface area contributed by atoms with Crippen LogP contribution in [-0.2, 0) is 6.42 Å². The van der Waals surface area contributed by atoms with E-state index in [1.807, 2.05) is 19.9 Å². The van der Waals surface area contributed by atoms with E-state index in [9.17, 15) is 9.59 Å².